The number of carbonyl (C=O) groups is 3. The second-order valence-electron chi connectivity index (χ2n) is 4.08. The molecule has 15 heavy (non-hydrogen) atoms. The van der Waals surface area contributed by atoms with Gasteiger partial charge in [0.1, 0.15) is 12.6 Å². The Bertz CT molecular complexity index is 223. The Morgan fingerprint density at radius 1 is 1.20 bits per heavy atom. The normalized spacial score (nSPS) is 14.6. The van der Waals surface area contributed by atoms with Crippen LogP contribution in [-0.2, 0) is 14.4 Å². The summed E-state index contributed by atoms with van der Waals surface area (Å²) in [4.78, 5) is 31.5. The highest BCUT2D eigenvalue weighted by atomic mass is 16.4. The summed E-state index contributed by atoms with van der Waals surface area (Å²) < 4.78 is 0. The fourth-order valence-corrected chi connectivity index (χ4v) is 1.54. The molecule has 0 aliphatic rings. The van der Waals surface area contributed by atoms with Gasteiger partial charge in [0, 0.05) is 12.8 Å². The van der Waals surface area contributed by atoms with Gasteiger partial charge in [-0.15, -0.1) is 0 Å². The zero-order valence-electron chi connectivity index (χ0n) is 9.18. The van der Waals surface area contributed by atoms with Gasteiger partial charge in [0.05, 0.1) is 5.92 Å². The molecule has 4 heteroatoms. The van der Waals surface area contributed by atoms with Crippen molar-refractivity contribution in [3.05, 3.63) is 0 Å². The van der Waals surface area contributed by atoms with Crippen LogP contribution in [0.3, 0.4) is 0 Å². The Morgan fingerprint density at radius 2 is 1.73 bits per heavy atom. The average molecular weight is 214 g/mol. The maximum Gasteiger partial charge on any atom is 0.306 e. The van der Waals surface area contributed by atoms with E-state index in [9.17, 15) is 14.4 Å². The zero-order valence-corrected chi connectivity index (χ0v) is 9.18. The number of hydrogen-bond donors (Lipinski definition) is 1. The lowest BCUT2D eigenvalue weighted by Crippen LogP contribution is -2.21. The second-order valence-corrected chi connectivity index (χ2v) is 4.08. The third-order valence-corrected chi connectivity index (χ3v) is 2.66. The first-order valence-corrected chi connectivity index (χ1v) is 5.13. The van der Waals surface area contributed by atoms with Crippen molar-refractivity contribution in [3.63, 3.8) is 0 Å². The summed E-state index contributed by atoms with van der Waals surface area (Å²) in [7, 11) is 0. The van der Waals surface area contributed by atoms with E-state index in [1.54, 1.807) is 0 Å². The molecule has 0 aromatic carbocycles. The van der Waals surface area contributed by atoms with Gasteiger partial charge in [0.25, 0.3) is 0 Å². The Balaban J connectivity index is 4.37. The minimum atomic E-state index is -0.960. The molecule has 4 nitrogen and oxygen atoms in total. The van der Waals surface area contributed by atoms with Crippen molar-refractivity contribution in [1.29, 1.82) is 0 Å². The minimum absolute atomic E-state index is 0.0252. The molecule has 0 heterocycles. The maximum absolute atomic E-state index is 10.8. The molecule has 0 aromatic rings. The fraction of sp³-hybridized carbons (Fsp3) is 0.727. The molecule has 1 N–H and O–H groups in total. The van der Waals surface area contributed by atoms with E-state index in [1.807, 2.05) is 13.8 Å². The molecule has 2 unspecified atom stereocenters. The Labute approximate surface area is 89.7 Å². The highest BCUT2D eigenvalue weighted by Gasteiger charge is 2.23. The van der Waals surface area contributed by atoms with Crippen molar-refractivity contribution in [3.8, 4) is 0 Å². The number of rotatable bonds is 8. The molecule has 2 atom stereocenters. The van der Waals surface area contributed by atoms with Crippen molar-refractivity contribution in [2.45, 2.75) is 33.1 Å². The van der Waals surface area contributed by atoms with Crippen molar-refractivity contribution in [1.82, 2.24) is 0 Å². The van der Waals surface area contributed by atoms with Crippen LogP contribution >= 0.6 is 0 Å². The van der Waals surface area contributed by atoms with Crippen LogP contribution in [0.25, 0.3) is 0 Å². The monoisotopic (exact) mass is 214 g/mol. The predicted molar refractivity (Wildman–Crippen MR) is 55.4 cm³/mol. The standard InChI is InChI=1S/C11H18O4/c1-8(2)9(3-5-12)7-10(4-6-13)11(14)15/h5-6,8-10H,3-4,7H2,1-2H3,(H,14,15). The molecule has 0 aromatic heterocycles. The van der Waals surface area contributed by atoms with Gasteiger partial charge in [-0.2, -0.15) is 0 Å². The summed E-state index contributed by atoms with van der Waals surface area (Å²) in [6.07, 6.45) is 2.21. The first-order valence-electron chi connectivity index (χ1n) is 5.13. The van der Waals surface area contributed by atoms with Gasteiger partial charge in [-0.05, 0) is 18.3 Å². The van der Waals surface area contributed by atoms with E-state index in [1.165, 1.54) is 0 Å². The van der Waals surface area contributed by atoms with Crippen molar-refractivity contribution >= 4 is 18.5 Å². The van der Waals surface area contributed by atoms with Crippen molar-refractivity contribution in [2.75, 3.05) is 0 Å². The van der Waals surface area contributed by atoms with E-state index < -0.39 is 11.9 Å². The molecular weight excluding hydrogens is 196 g/mol. The Hall–Kier alpha value is -1.19. The van der Waals surface area contributed by atoms with Crippen LogP contribution < -0.4 is 0 Å². The number of carboxylic acid groups (broad SMARTS) is 1. The molecule has 0 aliphatic heterocycles. The molecule has 0 radical (unpaired) electrons. The summed E-state index contributed by atoms with van der Waals surface area (Å²) in [5.74, 6) is -1.32. The number of hydrogen-bond acceptors (Lipinski definition) is 3. The second kappa shape index (κ2) is 7.15. The minimum Gasteiger partial charge on any atom is -0.481 e. The summed E-state index contributed by atoms with van der Waals surface area (Å²) in [6, 6.07) is 0. The van der Waals surface area contributed by atoms with E-state index in [-0.39, 0.29) is 18.3 Å². The number of aliphatic carboxylic acids is 1. The first-order chi connectivity index (χ1) is 7.02. The molecule has 0 bridgehead atoms. The number of carbonyl (C=O) groups excluding carboxylic acids is 2. The summed E-state index contributed by atoms with van der Waals surface area (Å²) >= 11 is 0. The first kappa shape index (κ1) is 13.8. The number of aldehydes is 2. The molecule has 0 saturated heterocycles. The maximum atomic E-state index is 10.8. The van der Waals surface area contributed by atoms with Gasteiger partial charge in [0.2, 0.25) is 0 Å². The van der Waals surface area contributed by atoms with E-state index in [2.05, 4.69) is 0 Å². The largest absolute Gasteiger partial charge is 0.481 e. The van der Waals surface area contributed by atoms with E-state index in [0.717, 1.165) is 6.29 Å². The fourth-order valence-electron chi connectivity index (χ4n) is 1.54. The molecule has 0 amide bonds. The highest BCUT2D eigenvalue weighted by Crippen LogP contribution is 2.24. The van der Waals surface area contributed by atoms with Crippen LogP contribution in [0.5, 0.6) is 0 Å². The average Bonchev–Trinajstić information content (AvgIpc) is 2.15. The van der Waals surface area contributed by atoms with Crippen LogP contribution in [0.2, 0.25) is 0 Å². The van der Waals surface area contributed by atoms with Crippen LogP contribution in [-0.4, -0.2) is 23.6 Å². The molecule has 0 fully saturated rings. The van der Waals surface area contributed by atoms with E-state index in [0.29, 0.717) is 19.1 Å². The van der Waals surface area contributed by atoms with Crippen LogP contribution in [0.15, 0.2) is 0 Å². The van der Waals surface area contributed by atoms with Gasteiger partial charge >= 0.3 is 5.97 Å². The Morgan fingerprint density at radius 3 is 2.07 bits per heavy atom. The third kappa shape index (κ3) is 5.30. The third-order valence-electron chi connectivity index (χ3n) is 2.66. The van der Waals surface area contributed by atoms with Crippen molar-refractivity contribution in [2.24, 2.45) is 17.8 Å². The van der Waals surface area contributed by atoms with Gasteiger partial charge in [-0.25, -0.2) is 0 Å². The van der Waals surface area contributed by atoms with Crippen LogP contribution in [0.4, 0.5) is 0 Å². The van der Waals surface area contributed by atoms with E-state index >= 15 is 0 Å². The number of carboxylic acids is 1. The molecule has 0 saturated carbocycles. The lowest BCUT2D eigenvalue weighted by atomic mass is 9.83. The van der Waals surface area contributed by atoms with Gasteiger partial charge in [0.15, 0.2) is 0 Å². The predicted octanol–water partition coefficient (Wildman–Crippen LogP) is 1.53. The Kier molecular flexibility index (Phi) is 6.58. The van der Waals surface area contributed by atoms with Gasteiger partial charge in [-0.1, -0.05) is 13.8 Å². The molecule has 0 rings (SSSR count). The van der Waals surface area contributed by atoms with Crippen LogP contribution in [0.1, 0.15) is 33.1 Å². The highest BCUT2D eigenvalue weighted by molar-refractivity contribution is 5.73. The summed E-state index contributed by atoms with van der Waals surface area (Å²) in [5.41, 5.74) is 0. The van der Waals surface area contributed by atoms with Gasteiger partial charge < -0.3 is 14.7 Å². The summed E-state index contributed by atoms with van der Waals surface area (Å²) in [5, 5.41) is 8.86. The van der Waals surface area contributed by atoms with E-state index in [4.69, 9.17) is 5.11 Å². The molecule has 86 valence electrons. The molecular formula is C11H18O4. The molecule has 0 spiro atoms. The SMILES string of the molecule is CC(C)C(CC=O)CC(CC=O)C(=O)O. The van der Waals surface area contributed by atoms with Crippen molar-refractivity contribution < 1.29 is 19.5 Å². The lowest BCUT2D eigenvalue weighted by molar-refractivity contribution is -0.143. The topological polar surface area (TPSA) is 71.4 Å². The zero-order chi connectivity index (χ0) is 11.8. The molecule has 0 aliphatic carbocycles. The van der Waals surface area contributed by atoms with Gasteiger partial charge in [-0.3, -0.25) is 4.79 Å². The quantitative estimate of drug-likeness (QED) is 0.622. The summed E-state index contributed by atoms with van der Waals surface area (Å²) in [6.45, 7) is 3.90. The smallest absolute Gasteiger partial charge is 0.306 e. The van der Waals surface area contributed by atoms with Crippen LogP contribution in [0, 0.1) is 17.8 Å². The lowest BCUT2D eigenvalue weighted by Gasteiger charge is -2.21.